The van der Waals surface area contributed by atoms with Crippen LogP contribution in [0.1, 0.15) is 54.2 Å². The first-order chi connectivity index (χ1) is 18.0. The van der Waals surface area contributed by atoms with E-state index in [1.807, 2.05) is 51.1 Å². The van der Waals surface area contributed by atoms with E-state index in [0.29, 0.717) is 24.9 Å². The zero-order valence-electron chi connectivity index (χ0n) is 21.7. The summed E-state index contributed by atoms with van der Waals surface area (Å²) in [6.45, 7) is 6.45. The maximum Gasteiger partial charge on any atom is 0.284 e. The van der Waals surface area contributed by atoms with E-state index in [2.05, 4.69) is 22.5 Å². The molecule has 0 bridgehead atoms. The first-order valence-electron chi connectivity index (χ1n) is 12.2. The van der Waals surface area contributed by atoms with Crippen molar-refractivity contribution >= 4 is 17.5 Å². The lowest BCUT2D eigenvalue weighted by Gasteiger charge is -2.23. The van der Waals surface area contributed by atoms with Crippen molar-refractivity contribution in [1.29, 1.82) is 0 Å². The van der Waals surface area contributed by atoms with Gasteiger partial charge in [0, 0.05) is 23.7 Å². The zero-order valence-corrected chi connectivity index (χ0v) is 21.7. The van der Waals surface area contributed by atoms with Gasteiger partial charge in [-0.2, -0.15) is 0 Å². The highest BCUT2D eigenvalue weighted by molar-refractivity contribution is 5.98. The number of nitro benzene ring substituents is 1. The Bertz CT molecular complexity index is 1350. The van der Waals surface area contributed by atoms with Crippen LogP contribution in [-0.4, -0.2) is 34.4 Å². The highest BCUT2D eigenvalue weighted by Gasteiger charge is 2.24. The van der Waals surface area contributed by atoms with Crippen LogP contribution in [0.3, 0.4) is 0 Å². The third-order valence-electron chi connectivity index (χ3n) is 5.64. The first kappa shape index (κ1) is 27.9. The van der Waals surface area contributed by atoms with Gasteiger partial charge in [-0.15, -0.1) is 0 Å². The van der Waals surface area contributed by atoms with Crippen LogP contribution < -0.4 is 10.6 Å². The van der Waals surface area contributed by atoms with E-state index < -0.39 is 16.9 Å². The van der Waals surface area contributed by atoms with Crippen molar-refractivity contribution in [3.8, 4) is 17.6 Å². The average Bonchev–Trinajstić information content (AvgIpc) is 2.89. The Hall–Kier alpha value is -4.64. The Morgan fingerprint density at radius 1 is 1.00 bits per heavy atom. The number of nitro groups is 1. The fraction of sp³-hybridized carbons (Fsp3) is 0.267. The van der Waals surface area contributed by atoms with Crippen LogP contribution in [0.5, 0.6) is 5.75 Å². The minimum Gasteiger partial charge on any atom is -0.508 e. The molecule has 8 nitrogen and oxygen atoms in total. The molecule has 196 valence electrons. The van der Waals surface area contributed by atoms with Crippen molar-refractivity contribution in [3.63, 3.8) is 0 Å². The number of carbonyl (C=O) groups excluding carboxylic acids is 2. The number of carbonyl (C=O) groups is 2. The smallest absolute Gasteiger partial charge is 0.284 e. The monoisotopic (exact) mass is 513 g/mol. The van der Waals surface area contributed by atoms with Crippen LogP contribution in [0.25, 0.3) is 0 Å². The molecule has 0 aromatic heterocycles. The van der Waals surface area contributed by atoms with Crippen LogP contribution in [0.15, 0.2) is 72.8 Å². The molecule has 1 atom stereocenters. The van der Waals surface area contributed by atoms with Crippen molar-refractivity contribution in [2.45, 2.75) is 39.7 Å². The maximum absolute atomic E-state index is 13.2. The van der Waals surface area contributed by atoms with Gasteiger partial charge in [0.1, 0.15) is 17.4 Å². The fourth-order valence-electron chi connectivity index (χ4n) is 3.56. The summed E-state index contributed by atoms with van der Waals surface area (Å²) in [6, 6.07) is 18.9. The molecule has 0 saturated carbocycles. The molecule has 0 heterocycles. The Morgan fingerprint density at radius 3 is 2.32 bits per heavy atom. The number of rotatable bonds is 8. The zero-order chi connectivity index (χ0) is 27.7. The molecule has 0 aliphatic heterocycles. The molecule has 2 amide bonds. The second-order valence-corrected chi connectivity index (χ2v) is 10.1. The molecule has 0 saturated heterocycles. The Morgan fingerprint density at radius 2 is 1.68 bits per heavy atom. The number of benzene rings is 3. The van der Waals surface area contributed by atoms with Crippen molar-refractivity contribution in [2.24, 2.45) is 5.41 Å². The van der Waals surface area contributed by atoms with E-state index in [0.717, 1.165) is 5.56 Å². The predicted molar refractivity (Wildman–Crippen MR) is 146 cm³/mol. The lowest BCUT2D eigenvalue weighted by atomic mass is 9.96. The van der Waals surface area contributed by atoms with Crippen molar-refractivity contribution in [1.82, 2.24) is 10.6 Å². The number of phenolic OH excluding ortho intramolecular Hbond substituents is 1. The number of phenols is 1. The number of nitrogens with one attached hydrogen (secondary N) is 2. The first-order valence-corrected chi connectivity index (χ1v) is 12.2. The molecule has 0 aliphatic carbocycles. The Kier molecular flexibility index (Phi) is 9.23. The van der Waals surface area contributed by atoms with Gasteiger partial charge in [0.15, 0.2) is 0 Å². The molecule has 8 heteroatoms. The van der Waals surface area contributed by atoms with Gasteiger partial charge in [-0.05, 0) is 60.2 Å². The lowest BCUT2D eigenvalue weighted by molar-refractivity contribution is -0.385. The molecule has 3 aromatic rings. The predicted octanol–water partition coefficient (Wildman–Crippen LogP) is 4.59. The average molecular weight is 514 g/mol. The Balaban J connectivity index is 1.83. The third kappa shape index (κ3) is 8.49. The van der Waals surface area contributed by atoms with E-state index in [-0.39, 0.29) is 33.9 Å². The number of aromatic hydroxyl groups is 1. The van der Waals surface area contributed by atoms with Crippen LogP contribution >= 0.6 is 0 Å². The van der Waals surface area contributed by atoms with Crippen molar-refractivity contribution in [3.05, 3.63) is 105 Å². The molecule has 38 heavy (non-hydrogen) atoms. The van der Waals surface area contributed by atoms with Crippen molar-refractivity contribution in [2.75, 3.05) is 6.54 Å². The summed E-state index contributed by atoms with van der Waals surface area (Å²) in [5.74, 6) is 4.82. The third-order valence-corrected chi connectivity index (χ3v) is 5.64. The van der Waals surface area contributed by atoms with E-state index in [1.165, 1.54) is 30.3 Å². The molecular formula is C30H31N3O5. The second-order valence-electron chi connectivity index (χ2n) is 10.1. The van der Waals surface area contributed by atoms with Gasteiger partial charge < -0.3 is 15.7 Å². The summed E-state index contributed by atoms with van der Waals surface area (Å²) in [6.07, 6.45) is 0.963. The minimum absolute atomic E-state index is 0.0637. The molecule has 3 aromatic carbocycles. The SMILES string of the molecule is CC(C)(C)CNC(=O)[C@H](CCc1ccccc1)NC(=O)c1ccc([N+](=O)[O-])c(C#Cc2ccc(O)cc2)c1. The highest BCUT2D eigenvalue weighted by atomic mass is 16.6. The largest absolute Gasteiger partial charge is 0.508 e. The van der Waals surface area contributed by atoms with E-state index in [9.17, 15) is 24.8 Å². The normalized spacial score (nSPS) is 11.6. The van der Waals surface area contributed by atoms with Gasteiger partial charge >= 0.3 is 0 Å². The number of hydrogen-bond donors (Lipinski definition) is 3. The van der Waals surface area contributed by atoms with E-state index >= 15 is 0 Å². The highest BCUT2D eigenvalue weighted by Crippen LogP contribution is 2.20. The molecule has 0 unspecified atom stereocenters. The van der Waals surface area contributed by atoms with Crippen LogP contribution in [-0.2, 0) is 11.2 Å². The van der Waals surface area contributed by atoms with Gasteiger partial charge in [-0.3, -0.25) is 19.7 Å². The molecule has 3 N–H and O–H groups in total. The summed E-state index contributed by atoms with van der Waals surface area (Å²) in [5, 5.41) is 26.7. The van der Waals surface area contributed by atoms with Gasteiger partial charge in [0.25, 0.3) is 11.6 Å². The Labute approximate surface area is 222 Å². The van der Waals surface area contributed by atoms with Crippen LogP contribution in [0.2, 0.25) is 0 Å². The molecular weight excluding hydrogens is 482 g/mol. The summed E-state index contributed by atoms with van der Waals surface area (Å²) in [5.41, 5.74) is 1.43. The molecule has 0 aliphatic rings. The summed E-state index contributed by atoms with van der Waals surface area (Å²) < 4.78 is 0. The molecule has 0 spiro atoms. The lowest BCUT2D eigenvalue weighted by Crippen LogP contribution is -2.48. The quantitative estimate of drug-likeness (QED) is 0.231. The van der Waals surface area contributed by atoms with Crippen LogP contribution in [0.4, 0.5) is 5.69 Å². The number of aryl methyl sites for hydroxylation is 1. The number of hydrogen-bond acceptors (Lipinski definition) is 5. The van der Waals surface area contributed by atoms with Gasteiger partial charge in [-0.1, -0.05) is 62.9 Å². The van der Waals surface area contributed by atoms with E-state index in [1.54, 1.807) is 12.1 Å². The maximum atomic E-state index is 13.2. The van der Waals surface area contributed by atoms with E-state index in [4.69, 9.17) is 0 Å². The standard InChI is InChI=1S/C30H31N3O5/c1-30(2,3)20-31-29(36)26(17-12-21-7-5-4-6-8-21)32-28(35)24-14-18-27(33(37)38)23(19-24)13-9-22-10-15-25(34)16-11-22/h4-8,10-11,14-16,18-19,26,34H,12,17,20H2,1-3H3,(H,31,36)(H,32,35)/t26-/m0/s1. The summed E-state index contributed by atoms with van der Waals surface area (Å²) >= 11 is 0. The van der Waals surface area contributed by atoms with Gasteiger partial charge in [0.2, 0.25) is 5.91 Å². The van der Waals surface area contributed by atoms with Crippen LogP contribution in [0, 0.1) is 27.4 Å². The molecule has 0 fully saturated rings. The summed E-state index contributed by atoms with van der Waals surface area (Å²) in [7, 11) is 0. The second kappa shape index (κ2) is 12.5. The molecule has 3 rings (SSSR count). The van der Waals surface area contributed by atoms with Crippen molar-refractivity contribution < 1.29 is 19.6 Å². The van der Waals surface area contributed by atoms with Gasteiger partial charge in [0.05, 0.1) is 4.92 Å². The number of nitrogens with zero attached hydrogens (tertiary/aromatic N) is 1. The topological polar surface area (TPSA) is 122 Å². The number of amides is 2. The summed E-state index contributed by atoms with van der Waals surface area (Å²) in [4.78, 5) is 37.2. The fourth-order valence-corrected chi connectivity index (χ4v) is 3.56. The van der Waals surface area contributed by atoms with Gasteiger partial charge in [-0.25, -0.2) is 0 Å². The minimum atomic E-state index is -0.799. The molecule has 0 radical (unpaired) electrons.